The minimum absolute atomic E-state index is 0.648. The van der Waals surface area contributed by atoms with Gasteiger partial charge in [-0.1, -0.05) is 24.4 Å². The summed E-state index contributed by atoms with van der Waals surface area (Å²) in [6.45, 7) is 0.771. The molecule has 0 aliphatic carbocycles. The van der Waals surface area contributed by atoms with Crippen LogP contribution in [0, 0.1) is 4.64 Å². The monoisotopic (exact) mass is 244 g/mol. The number of benzene rings is 1. The van der Waals surface area contributed by atoms with Crippen LogP contribution < -0.4 is 4.74 Å². The van der Waals surface area contributed by atoms with Crippen molar-refractivity contribution in [2.75, 3.05) is 6.61 Å². The van der Waals surface area contributed by atoms with E-state index in [4.69, 9.17) is 17.0 Å². The molecule has 0 saturated heterocycles. The minimum atomic E-state index is 0.648. The fraction of sp³-hybridized carbons (Fsp3) is 0.231. The van der Waals surface area contributed by atoms with E-state index in [1.54, 1.807) is 12.4 Å². The van der Waals surface area contributed by atoms with Gasteiger partial charge in [-0.05, 0) is 24.5 Å². The Hall–Kier alpha value is -1.68. The second-order valence-electron chi connectivity index (χ2n) is 4.01. The van der Waals surface area contributed by atoms with Crippen molar-refractivity contribution in [3.05, 3.63) is 40.8 Å². The summed E-state index contributed by atoms with van der Waals surface area (Å²) in [5, 5.41) is 0. The summed E-state index contributed by atoms with van der Waals surface area (Å²) in [5.41, 5.74) is 3.03. The standard InChI is InChI=1S/C13H12N2OS/c17-13-11(14-6-7-15-13)10-5-1-3-9-4-2-8-16-12(9)10/h1,3,5-7H,2,4,8H2,(H,15,17). The molecule has 1 aromatic carbocycles. The Morgan fingerprint density at radius 3 is 3.18 bits per heavy atom. The van der Waals surface area contributed by atoms with Crippen molar-refractivity contribution in [3.63, 3.8) is 0 Å². The molecule has 0 fully saturated rings. The summed E-state index contributed by atoms with van der Waals surface area (Å²) in [5.74, 6) is 0.942. The third-order valence-corrected chi connectivity index (χ3v) is 3.21. The molecule has 17 heavy (non-hydrogen) atoms. The molecule has 0 radical (unpaired) electrons. The van der Waals surface area contributed by atoms with Gasteiger partial charge in [0.05, 0.1) is 6.61 Å². The van der Waals surface area contributed by atoms with E-state index in [1.165, 1.54) is 5.56 Å². The molecule has 2 aromatic rings. The first kappa shape index (κ1) is 10.5. The first-order chi connectivity index (χ1) is 8.36. The number of nitrogens with one attached hydrogen (secondary N) is 1. The van der Waals surface area contributed by atoms with E-state index in [-0.39, 0.29) is 0 Å². The van der Waals surface area contributed by atoms with Crippen LogP contribution >= 0.6 is 12.2 Å². The smallest absolute Gasteiger partial charge is 0.131 e. The van der Waals surface area contributed by atoms with E-state index >= 15 is 0 Å². The lowest BCUT2D eigenvalue weighted by Crippen LogP contribution is -2.09. The largest absolute Gasteiger partial charge is 0.493 e. The molecule has 3 rings (SSSR count). The number of aromatic amines is 1. The molecule has 0 saturated carbocycles. The van der Waals surface area contributed by atoms with Crippen LogP contribution in [0.2, 0.25) is 0 Å². The van der Waals surface area contributed by atoms with Gasteiger partial charge < -0.3 is 9.72 Å². The van der Waals surface area contributed by atoms with Gasteiger partial charge in [-0.3, -0.25) is 4.98 Å². The first-order valence-electron chi connectivity index (χ1n) is 5.65. The number of aromatic nitrogens is 2. The molecule has 3 nitrogen and oxygen atoms in total. The van der Waals surface area contributed by atoms with Gasteiger partial charge in [-0.25, -0.2) is 0 Å². The second-order valence-corrected chi connectivity index (χ2v) is 4.42. The third kappa shape index (κ3) is 1.85. The zero-order chi connectivity index (χ0) is 11.7. The van der Waals surface area contributed by atoms with Gasteiger partial charge in [0, 0.05) is 18.0 Å². The summed E-state index contributed by atoms with van der Waals surface area (Å²) in [4.78, 5) is 7.34. The zero-order valence-electron chi connectivity index (χ0n) is 9.27. The highest BCUT2D eigenvalue weighted by Crippen LogP contribution is 2.35. The molecular formula is C13H12N2OS. The van der Waals surface area contributed by atoms with Crippen molar-refractivity contribution in [1.29, 1.82) is 0 Å². The topological polar surface area (TPSA) is 37.9 Å². The maximum Gasteiger partial charge on any atom is 0.131 e. The number of fused-ring (bicyclic) bond motifs is 1. The van der Waals surface area contributed by atoms with Gasteiger partial charge >= 0.3 is 0 Å². The molecule has 0 bridgehead atoms. The predicted octanol–water partition coefficient (Wildman–Crippen LogP) is 3.13. The molecule has 4 heteroatoms. The second kappa shape index (κ2) is 4.30. The molecule has 0 amide bonds. The summed E-state index contributed by atoms with van der Waals surface area (Å²) in [6, 6.07) is 6.15. The van der Waals surface area contributed by atoms with Crippen LogP contribution in [0.15, 0.2) is 30.6 Å². The number of rotatable bonds is 1. The van der Waals surface area contributed by atoms with Gasteiger partial charge in [-0.2, -0.15) is 0 Å². The molecule has 0 spiro atoms. The van der Waals surface area contributed by atoms with Gasteiger partial charge in [0.1, 0.15) is 16.1 Å². The molecule has 86 valence electrons. The van der Waals surface area contributed by atoms with Crippen LogP contribution in [0.4, 0.5) is 0 Å². The molecular weight excluding hydrogens is 232 g/mol. The number of H-pyrrole nitrogens is 1. The molecule has 0 atom stereocenters. The van der Waals surface area contributed by atoms with Crippen LogP contribution in [-0.2, 0) is 6.42 Å². The van der Waals surface area contributed by atoms with Crippen molar-refractivity contribution in [2.24, 2.45) is 0 Å². The number of ether oxygens (including phenoxy) is 1. The zero-order valence-corrected chi connectivity index (χ0v) is 10.1. The summed E-state index contributed by atoms with van der Waals surface area (Å²) >= 11 is 5.27. The van der Waals surface area contributed by atoms with Crippen molar-refractivity contribution in [1.82, 2.24) is 9.97 Å². The van der Waals surface area contributed by atoms with Crippen LogP contribution in [0.1, 0.15) is 12.0 Å². The van der Waals surface area contributed by atoms with Crippen molar-refractivity contribution in [3.8, 4) is 17.0 Å². The van der Waals surface area contributed by atoms with Crippen LogP contribution in [0.3, 0.4) is 0 Å². The molecule has 1 N–H and O–H groups in total. The highest BCUT2D eigenvalue weighted by molar-refractivity contribution is 7.71. The van der Waals surface area contributed by atoms with Crippen molar-refractivity contribution < 1.29 is 4.74 Å². The number of hydrogen-bond donors (Lipinski definition) is 1. The van der Waals surface area contributed by atoms with Crippen molar-refractivity contribution in [2.45, 2.75) is 12.8 Å². The van der Waals surface area contributed by atoms with E-state index in [0.717, 1.165) is 36.5 Å². The minimum Gasteiger partial charge on any atom is -0.493 e. The van der Waals surface area contributed by atoms with Gasteiger partial charge in [0.15, 0.2) is 0 Å². The lowest BCUT2D eigenvalue weighted by Gasteiger charge is -2.19. The number of nitrogens with zero attached hydrogens (tertiary/aromatic N) is 1. The van der Waals surface area contributed by atoms with Crippen LogP contribution in [0.5, 0.6) is 5.75 Å². The Bertz CT molecular complexity index is 606. The quantitative estimate of drug-likeness (QED) is 0.783. The molecule has 0 unspecified atom stereocenters. The molecule has 1 aliphatic heterocycles. The molecule has 1 aromatic heterocycles. The fourth-order valence-corrected chi connectivity index (χ4v) is 2.35. The lowest BCUT2D eigenvalue weighted by atomic mass is 10.0. The number of aryl methyl sites for hydroxylation is 1. The fourth-order valence-electron chi connectivity index (χ4n) is 2.12. The average Bonchev–Trinajstić information content (AvgIpc) is 2.39. The Balaban J connectivity index is 2.22. The van der Waals surface area contributed by atoms with Gasteiger partial charge in [0.25, 0.3) is 0 Å². The highest BCUT2D eigenvalue weighted by Gasteiger charge is 2.16. The molecule has 1 aliphatic rings. The Labute approximate surface area is 104 Å². The highest BCUT2D eigenvalue weighted by atomic mass is 32.1. The van der Waals surface area contributed by atoms with Crippen LogP contribution in [0.25, 0.3) is 11.3 Å². The van der Waals surface area contributed by atoms with E-state index in [2.05, 4.69) is 16.0 Å². The Morgan fingerprint density at radius 1 is 1.35 bits per heavy atom. The lowest BCUT2D eigenvalue weighted by molar-refractivity contribution is 0.289. The SMILES string of the molecule is S=c1[nH]ccnc1-c1cccc2c1OCCC2. The van der Waals surface area contributed by atoms with E-state index < -0.39 is 0 Å². The predicted molar refractivity (Wildman–Crippen MR) is 68.7 cm³/mol. The van der Waals surface area contributed by atoms with Gasteiger partial charge in [0.2, 0.25) is 0 Å². The maximum atomic E-state index is 5.76. The van der Waals surface area contributed by atoms with Crippen molar-refractivity contribution >= 4 is 12.2 Å². The summed E-state index contributed by atoms with van der Waals surface area (Å²) < 4.78 is 6.41. The first-order valence-corrected chi connectivity index (χ1v) is 6.06. The normalized spacial score (nSPS) is 13.9. The van der Waals surface area contributed by atoms with E-state index in [1.807, 2.05) is 12.1 Å². The third-order valence-electron chi connectivity index (χ3n) is 2.90. The summed E-state index contributed by atoms with van der Waals surface area (Å²) in [7, 11) is 0. The average molecular weight is 244 g/mol. The van der Waals surface area contributed by atoms with Gasteiger partial charge in [-0.15, -0.1) is 0 Å². The molecule has 2 heterocycles. The summed E-state index contributed by atoms with van der Waals surface area (Å²) in [6.07, 6.45) is 5.59. The van der Waals surface area contributed by atoms with E-state index in [9.17, 15) is 0 Å². The maximum absolute atomic E-state index is 5.76. The Morgan fingerprint density at radius 2 is 2.29 bits per heavy atom. The number of para-hydroxylation sites is 1. The number of hydrogen-bond acceptors (Lipinski definition) is 3. The van der Waals surface area contributed by atoms with E-state index in [0.29, 0.717) is 4.64 Å². The Kier molecular flexibility index (Phi) is 2.65. The van der Waals surface area contributed by atoms with Crippen LogP contribution in [-0.4, -0.2) is 16.6 Å².